The second kappa shape index (κ2) is 14.3. The predicted molar refractivity (Wildman–Crippen MR) is 140 cm³/mol. The largest absolute Gasteiger partial charge is 0.508 e. The molecule has 1 aromatic carbocycles. The van der Waals surface area contributed by atoms with Gasteiger partial charge < -0.3 is 42.9 Å². The predicted octanol–water partition coefficient (Wildman–Crippen LogP) is -1.71. The van der Waals surface area contributed by atoms with Crippen molar-refractivity contribution in [1.29, 1.82) is 0 Å². The second-order valence-corrected chi connectivity index (χ2v) is 9.12. The number of carbonyl (C=O) groups excluding carboxylic acids is 3. The summed E-state index contributed by atoms with van der Waals surface area (Å²) in [5.74, 6) is -2.93. The molecule has 0 spiro atoms. The van der Waals surface area contributed by atoms with E-state index in [-0.39, 0.29) is 43.4 Å². The maximum Gasteiger partial charge on any atom is 0.326 e. The van der Waals surface area contributed by atoms with Crippen LogP contribution in [0.15, 0.2) is 29.3 Å². The number of guanidine groups is 1. The lowest BCUT2D eigenvalue weighted by Gasteiger charge is -2.29. The Bertz CT molecular complexity index is 986. The zero-order chi connectivity index (χ0) is 27.5. The number of aliphatic imine (C=N–C) groups is 1. The third-order valence-electron chi connectivity index (χ3n) is 5.92. The summed E-state index contributed by atoms with van der Waals surface area (Å²) < 4.78 is 0. The van der Waals surface area contributed by atoms with Crippen molar-refractivity contribution in [2.45, 2.75) is 56.3 Å². The van der Waals surface area contributed by atoms with E-state index in [1.807, 2.05) is 0 Å². The average Bonchev–Trinajstić information content (AvgIpc) is 3.36. The van der Waals surface area contributed by atoms with Gasteiger partial charge in [-0.25, -0.2) is 4.79 Å². The lowest BCUT2D eigenvalue weighted by atomic mass is 10.0. The first-order valence-electron chi connectivity index (χ1n) is 11.9. The molecule has 204 valence electrons. The number of aromatic hydroxyl groups is 1. The molecular weight excluding hydrogens is 502 g/mol. The van der Waals surface area contributed by atoms with Crippen LogP contribution in [0.25, 0.3) is 0 Å². The molecular formula is C23H35N7O6S. The molecule has 0 saturated carbocycles. The topological polar surface area (TPSA) is 226 Å². The van der Waals surface area contributed by atoms with Gasteiger partial charge >= 0.3 is 5.97 Å². The van der Waals surface area contributed by atoms with Crippen LogP contribution in [0.1, 0.15) is 31.2 Å². The smallest absolute Gasteiger partial charge is 0.326 e. The van der Waals surface area contributed by atoms with Gasteiger partial charge in [-0.15, -0.1) is 0 Å². The van der Waals surface area contributed by atoms with E-state index in [2.05, 4.69) is 28.3 Å². The standard InChI is InChI=1S/C23H35N7O6S/c24-15(12-37)19(32)29-17(11-13-5-7-14(31)8-6-13)20(33)28-16(3-1-9-27-23(25)26)21(34)30-10-2-4-18(30)22(35)36/h5-8,15-18,31,37H,1-4,9-12,24H2,(H,28,33)(H,29,32)(H,35,36)(H4,25,26,27). The maximum absolute atomic E-state index is 13.4. The van der Waals surface area contributed by atoms with Gasteiger partial charge in [-0.3, -0.25) is 19.4 Å². The number of amides is 3. The highest BCUT2D eigenvalue weighted by Gasteiger charge is 2.38. The van der Waals surface area contributed by atoms with Crippen LogP contribution in [0, 0.1) is 0 Å². The molecule has 1 saturated heterocycles. The van der Waals surface area contributed by atoms with Gasteiger partial charge in [0, 0.05) is 25.3 Å². The molecule has 4 unspecified atom stereocenters. The van der Waals surface area contributed by atoms with Crippen molar-refractivity contribution in [1.82, 2.24) is 15.5 Å². The minimum Gasteiger partial charge on any atom is -0.508 e. The Morgan fingerprint density at radius 2 is 1.76 bits per heavy atom. The lowest BCUT2D eigenvalue weighted by molar-refractivity contribution is -0.149. The summed E-state index contributed by atoms with van der Waals surface area (Å²) in [6.45, 7) is 0.454. The van der Waals surface area contributed by atoms with E-state index >= 15 is 0 Å². The normalized spacial score (nSPS) is 17.4. The zero-order valence-corrected chi connectivity index (χ0v) is 21.3. The van der Waals surface area contributed by atoms with Gasteiger partial charge in [0.15, 0.2) is 5.96 Å². The quantitative estimate of drug-likeness (QED) is 0.0619. The molecule has 1 fully saturated rings. The number of nitrogens with two attached hydrogens (primary N) is 3. The van der Waals surface area contributed by atoms with E-state index in [9.17, 15) is 29.4 Å². The Labute approximate surface area is 220 Å². The Morgan fingerprint density at radius 3 is 2.35 bits per heavy atom. The molecule has 3 amide bonds. The van der Waals surface area contributed by atoms with Crippen LogP contribution >= 0.6 is 12.6 Å². The van der Waals surface area contributed by atoms with Crippen LogP contribution in [0.2, 0.25) is 0 Å². The zero-order valence-electron chi connectivity index (χ0n) is 20.4. The number of nitrogens with one attached hydrogen (secondary N) is 2. The Hall–Kier alpha value is -3.52. The van der Waals surface area contributed by atoms with Crippen molar-refractivity contribution in [3.63, 3.8) is 0 Å². The van der Waals surface area contributed by atoms with Crippen LogP contribution in [-0.2, 0) is 25.6 Å². The lowest BCUT2D eigenvalue weighted by Crippen LogP contribution is -2.57. The molecule has 0 aromatic heterocycles. The van der Waals surface area contributed by atoms with Gasteiger partial charge in [0.1, 0.15) is 23.9 Å². The van der Waals surface area contributed by atoms with Gasteiger partial charge in [0.25, 0.3) is 0 Å². The van der Waals surface area contributed by atoms with Crippen molar-refractivity contribution in [2.75, 3.05) is 18.8 Å². The molecule has 1 aliphatic heterocycles. The number of carbonyl (C=O) groups is 4. The summed E-state index contributed by atoms with van der Waals surface area (Å²) in [4.78, 5) is 55.9. The first-order valence-corrected chi connectivity index (χ1v) is 12.5. The molecule has 10 N–H and O–H groups in total. The number of carboxylic acid groups (broad SMARTS) is 1. The molecule has 4 atom stereocenters. The molecule has 14 heteroatoms. The second-order valence-electron chi connectivity index (χ2n) is 8.76. The fourth-order valence-corrected chi connectivity index (χ4v) is 4.13. The molecule has 1 heterocycles. The van der Waals surface area contributed by atoms with Gasteiger partial charge in [0.2, 0.25) is 17.7 Å². The SMILES string of the molecule is NC(N)=NCCCC(NC(=O)C(Cc1ccc(O)cc1)NC(=O)C(N)CS)C(=O)N1CCCC1C(=O)O. The average molecular weight is 538 g/mol. The molecule has 13 nitrogen and oxygen atoms in total. The molecule has 1 aromatic rings. The van der Waals surface area contributed by atoms with E-state index in [1.165, 1.54) is 17.0 Å². The molecule has 1 aliphatic rings. The van der Waals surface area contributed by atoms with Crippen LogP contribution in [0.4, 0.5) is 0 Å². The van der Waals surface area contributed by atoms with Crippen molar-refractivity contribution >= 4 is 42.3 Å². The number of phenolic OH excluding ortho intramolecular Hbond substituents is 1. The minimum absolute atomic E-state index is 0.0379. The van der Waals surface area contributed by atoms with Crippen molar-refractivity contribution in [2.24, 2.45) is 22.2 Å². The number of nitrogens with zero attached hydrogens (tertiary/aromatic N) is 2. The van der Waals surface area contributed by atoms with Crippen LogP contribution in [0.5, 0.6) is 5.75 Å². The van der Waals surface area contributed by atoms with E-state index < -0.39 is 47.9 Å². The summed E-state index contributed by atoms with van der Waals surface area (Å²) in [5.41, 5.74) is 17.1. The minimum atomic E-state index is -1.12. The Morgan fingerprint density at radius 1 is 1.11 bits per heavy atom. The summed E-state index contributed by atoms with van der Waals surface area (Å²) in [5, 5.41) is 24.3. The van der Waals surface area contributed by atoms with Crippen molar-refractivity contribution in [3.8, 4) is 5.75 Å². The highest BCUT2D eigenvalue weighted by atomic mass is 32.1. The number of rotatable bonds is 13. The molecule has 0 aliphatic carbocycles. The highest BCUT2D eigenvalue weighted by Crippen LogP contribution is 2.20. The number of thiol groups is 1. The van der Waals surface area contributed by atoms with Crippen molar-refractivity contribution in [3.05, 3.63) is 29.8 Å². The highest BCUT2D eigenvalue weighted by molar-refractivity contribution is 7.80. The molecule has 0 bridgehead atoms. The number of carboxylic acids is 1. The van der Waals surface area contributed by atoms with Crippen molar-refractivity contribution < 1.29 is 29.4 Å². The number of hydrogen-bond acceptors (Lipinski definition) is 8. The van der Waals surface area contributed by atoms with Gasteiger partial charge in [0.05, 0.1) is 6.04 Å². The van der Waals surface area contributed by atoms with Crippen LogP contribution in [-0.4, -0.2) is 87.8 Å². The fraction of sp³-hybridized carbons (Fsp3) is 0.522. The Balaban J connectivity index is 2.25. The number of phenols is 1. The van der Waals surface area contributed by atoms with Crippen LogP contribution < -0.4 is 27.8 Å². The van der Waals surface area contributed by atoms with E-state index in [0.29, 0.717) is 24.8 Å². The third kappa shape index (κ3) is 9.13. The summed E-state index contributed by atoms with van der Waals surface area (Å²) in [6.07, 6.45) is 1.36. The number of likely N-dealkylation sites (tertiary alicyclic amines) is 1. The number of benzene rings is 1. The van der Waals surface area contributed by atoms with E-state index in [4.69, 9.17) is 17.2 Å². The number of hydrogen-bond donors (Lipinski definition) is 8. The van der Waals surface area contributed by atoms with E-state index in [0.717, 1.165) is 0 Å². The van der Waals surface area contributed by atoms with Gasteiger partial charge in [-0.1, -0.05) is 12.1 Å². The molecule has 37 heavy (non-hydrogen) atoms. The van der Waals surface area contributed by atoms with Gasteiger partial charge in [-0.2, -0.15) is 12.6 Å². The fourth-order valence-electron chi connectivity index (χ4n) is 3.96. The van der Waals surface area contributed by atoms with Gasteiger partial charge in [-0.05, 0) is 43.4 Å². The monoisotopic (exact) mass is 537 g/mol. The summed E-state index contributed by atoms with van der Waals surface area (Å²) in [7, 11) is 0. The number of aliphatic carboxylic acids is 1. The maximum atomic E-state index is 13.4. The molecule has 2 rings (SSSR count). The molecule has 0 radical (unpaired) electrons. The summed E-state index contributed by atoms with van der Waals surface area (Å²) in [6, 6.07) is 1.97. The third-order valence-corrected chi connectivity index (χ3v) is 6.32. The first kappa shape index (κ1) is 29.7. The Kier molecular flexibility index (Phi) is 11.5. The van der Waals surface area contributed by atoms with E-state index in [1.54, 1.807) is 12.1 Å². The first-order chi connectivity index (χ1) is 17.5. The summed E-state index contributed by atoms with van der Waals surface area (Å²) >= 11 is 4.02. The van der Waals surface area contributed by atoms with Crippen LogP contribution in [0.3, 0.4) is 0 Å².